The van der Waals surface area contributed by atoms with Gasteiger partial charge in [-0.2, -0.15) is 0 Å². The van der Waals surface area contributed by atoms with Crippen molar-refractivity contribution in [2.75, 3.05) is 14.2 Å². The molecule has 0 fully saturated rings. The van der Waals surface area contributed by atoms with Crippen LogP contribution in [-0.4, -0.2) is 25.7 Å². The van der Waals surface area contributed by atoms with Crippen LogP contribution in [0.1, 0.15) is 26.3 Å². The lowest BCUT2D eigenvalue weighted by molar-refractivity contribution is 0.386. The van der Waals surface area contributed by atoms with Crippen LogP contribution in [0, 0.1) is 5.82 Å². The molecule has 0 heterocycles. The van der Waals surface area contributed by atoms with Crippen LogP contribution in [0.4, 0.5) is 4.39 Å². The second-order valence-corrected chi connectivity index (χ2v) is 5.27. The molecule has 0 bridgehead atoms. The molecule has 0 saturated carbocycles. The molecule has 1 aromatic carbocycles. The second kappa shape index (κ2) is 8.28. The zero-order chi connectivity index (χ0) is 14.5. The number of hydrogen-bond donors (Lipinski definition) is 2. The van der Waals surface area contributed by atoms with Crippen LogP contribution in [0.25, 0.3) is 0 Å². The fourth-order valence-electron chi connectivity index (χ4n) is 1.54. The van der Waals surface area contributed by atoms with Crippen LogP contribution >= 0.6 is 24.0 Å². The first-order valence-corrected chi connectivity index (χ1v) is 6.17. The SMILES string of the molecule is CN=C(NCc1ccc(OC)c(F)c1)NC(C)(C)C.I. The van der Waals surface area contributed by atoms with E-state index >= 15 is 0 Å². The van der Waals surface area contributed by atoms with Crippen molar-refractivity contribution in [2.45, 2.75) is 32.9 Å². The van der Waals surface area contributed by atoms with E-state index in [4.69, 9.17) is 4.74 Å². The fourth-order valence-corrected chi connectivity index (χ4v) is 1.54. The Morgan fingerprint density at radius 3 is 2.45 bits per heavy atom. The molecule has 0 saturated heterocycles. The second-order valence-electron chi connectivity index (χ2n) is 5.27. The summed E-state index contributed by atoms with van der Waals surface area (Å²) in [5, 5.41) is 6.37. The largest absolute Gasteiger partial charge is 0.494 e. The van der Waals surface area contributed by atoms with Gasteiger partial charge in [0.25, 0.3) is 0 Å². The number of rotatable bonds is 3. The minimum Gasteiger partial charge on any atom is -0.494 e. The molecule has 0 amide bonds. The summed E-state index contributed by atoms with van der Waals surface area (Å²) in [6, 6.07) is 4.89. The van der Waals surface area contributed by atoms with Crippen LogP contribution in [-0.2, 0) is 6.54 Å². The summed E-state index contributed by atoms with van der Waals surface area (Å²) in [4.78, 5) is 4.12. The number of benzene rings is 1. The molecule has 1 rings (SSSR count). The van der Waals surface area contributed by atoms with E-state index < -0.39 is 0 Å². The van der Waals surface area contributed by atoms with Crippen molar-refractivity contribution in [3.05, 3.63) is 29.6 Å². The van der Waals surface area contributed by atoms with Gasteiger partial charge in [0, 0.05) is 19.1 Å². The van der Waals surface area contributed by atoms with E-state index in [1.807, 2.05) is 26.8 Å². The van der Waals surface area contributed by atoms with E-state index in [2.05, 4.69) is 15.6 Å². The zero-order valence-electron chi connectivity index (χ0n) is 12.6. The molecule has 20 heavy (non-hydrogen) atoms. The number of nitrogens with zero attached hydrogens (tertiary/aromatic N) is 1. The average molecular weight is 395 g/mol. The highest BCUT2D eigenvalue weighted by Crippen LogP contribution is 2.17. The molecule has 0 aromatic heterocycles. The van der Waals surface area contributed by atoms with Crippen molar-refractivity contribution < 1.29 is 9.13 Å². The molecule has 0 atom stereocenters. The molecule has 114 valence electrons. The van der Waals surface area contributed by atoms with Crippen LogP contribution in [0.2, 0.25) is 0 Å². The van der Waals surface area contributed by atoms with Crippen LogP contribution in [0.15, 0.2) is 23.2 Å². The van der Waals surface area contributed by atoms with E-state index in [0.29, 0.717) is 12.5 Å². The van der Waals surface area contributed by atoms with Gasteiger partial charge in [-0.15, -0.1) is 24.0 Å². The summed E-state index contributed by atoms with van der Waals surface area (Å²) in [7, 11) is 3.15. The first-order valence-electron chi connectivity index (χ1n) is 6.17. The zero-order valence-corrected chi connectivity index (χ0v) is 14.9. The highest BCUT2D eigenvalue weighted by Gasteiger charge is 2.11. The summed E-state index contributed by atoms with van der Waals surface area (Å²) < 4.78 is 18.4. The maximum absolute atomic E-state index is 13.5. The Balaban J connectivity index is 0.00000361. The number of hydrogen-bond acceptors (Lipinski definition) is 2. The summed E-state index contributed by atoms with van der Waals surface area (Å²) in [6.07, 6.45) is 0. The number of guanidine groups is 1. The maximum atomic E-state index is 13.5. The van der Waals surface area contributed by atoms with E-state index in [-0.39, 0.29) is 41.1 Å². The molecule has 2 N–H and O–H groups in total. The predicted molar refractivity (Wildman–Crippen MR) is 91.5 cm³/mol. The molecule has 0 spiro atoms. The van der Waals surface area contributed by atoms with Crippen molar-refractivity contribution in [3.63, 3.8) is 0 Å². The van der Waals surface area contributed by atoms with Gasteiger partial charge in [0.2, 0.25) is 0 Å². The van der Waals surface area contributed by atoms with Gasteiger partial charge in [-0.05, 0) is 38.5 Å². The Kier molecular flexibility index (Phi) is 7.85. The van der Waals surface area contributed by atoms with Crippen molar-refractivity contribution in [1.29, 1.82) is 0 Å². The minimum atomic E-state index is -0.361. The first kappa shape index (κ1) is 18.9. The van der Waals surface area contributed by atoms with Gasteiger partial charge in [-0.1, -0.05) is 6.07 Å². The number of halogens is 2. The quantitative estimate of drug-likeness (QED) is 0.470. The highest BCUT2D eigenvalue weighted by molar-refractivity contribution is 14.0. The van der Waals surface area contributed by atoms with E-state index in [1.165, 1.54) is 13.2 Å². The lowest BCUT2D eigenvalue weighted by Gasteiger charge is -2.23. The van der Waals surface area contributed by atoms with Gasteiger partial charge >= 0.3 is 0 Å². The maximum Gasteiger partial charge on any atom is 0.191 e. The third-order valence-corrected chi connectivity index (χ3v) is 2.39. The Bertz CT molecular complexity index is 458. The average Bonchev–Trinajstić information content (AvgIpc) is 2.33. The summed E-state index contributed by atoms with van der Waals surface area (Å²) in [6.45, 7) is 6.64. The topological polar surface area (TPSA) is 45.7 Å². The van der Waals surface area contributed by atoms with Gasteiger partial charge in [-0.25, -0.2) is 4.39 Å². The molecule has 1 aromatic rings. The third-order valence-electron chi connectivity index (χ3n) is 2.39. The summed E-state index contributed by atoms with van der Waals surface area (Å²) in [5.41, 5.74) is 0.752. The van der Waals surface area contributed by atoms with Gasteiger partial charge in [0.05, 0.1) is 7.11 Å². The van der Waals surface area contributed by atoms with E-state index in [0.717, 1.165) is 5.56 Å². The summed E-state index contributed by atoms with van der Waals surface area (Å²) >= 11 is 0. The van der Waals surface area contributed by atoms with Crippen molar-refractivity contribution in [1.82, 2.24) is 10.6 Å². The van der Waals surface area contributed by atoms with Gasteiger partial charge in [0.1, 0.15) is 0 Å². The molecular formula is C14H23FIN3O. The van der Waals surface area contributed by atoms with Crippen LogP contribution < -0.4 is 15.4 Å². The van der Waals surface area contributed by atoms with Gasteiger partial charge in [0.15, 0.2) is 17.5 Å². The number of aliphatic imine (C=N–C) groups is 1. The Morgan fingerprint density at radius 2 is 2.00 bits per heavy atom. The monoisotopic (exact) mass is 395 g/mol. The molecule has 4 nitrogen and oxygen atoms in total. The molecule has 0 aliphatic heterocycles. The molecule has 0 aliphatic carbocycles. The normalized spacial score (nSPS) is 11.6. The Morgan fingerprint density at radius 1 is 1.35 bits per heavy atom. The highest BCUT2D eigenvalue weighted by atomic mass is 127. The number of ether oxygens (including phenoxy) is 1. The number of nitrogens with one attached hydrogen (secondary N) is 2. The Labute approximate surface area is 137 Å². The van der Waals surface area contributed by atoms with Gasteiger partial charge < -0.3 is 15.4 Å². The third kappa shape index (κ3) is 6.40. The van der Waals surface area contributed by atoms with Crippen molar-refractivity contribution in [3.8, 4) is 5.75 Å². The van der Waals surface area contributed by atoms with Crippen LogP contribution in [0.5, 0.6) is 5.75 Å². The fraction of sp³-hybridized carbons (Fsp3) is 0.500. The Hall–Kier alpha value is -1.05. The van der Waals surface area contributed by atoms with Gasteiger partial charge in [-0.3, -0.25) is 4.99 Å². The van der Waals surface area contributed by atoms with E-state index in [9.17, 15) is 4.39 Å². The summed E-state index contributed by atoms with van der Waals surface area (Å²) in [5.74, 6) is 0.574. The van der Waals surface area contributed by atoms with Crippen molar-refractivity contribution in [2.24, 2.45) is 4.99 Å². The lowest BCUT2D eigenvalue weighted by atomic mass is 10.1. The molecule has 6 heteroatoms. The van der Waals surface area contributed by atoms with Crippen molar-refractivity contribution >= 4 is 29.9 Å². The molecular weight excluding hydrogens is 372 g/mol. The van der Waals surface area contributed by atoms with E-state index in [1.54, 1.807) is 13.1 Å². The molecule has 0 unspecified atom stereocenters. The van der Waals surface area contributed by atoms with Crippen LogP contribution in [0.3, 0.4) is 0 Å². The standard InChI is InChI=1S/C14H22FN3O.HI/c1-14(2,3)18-13(16-4)17-9-10-6-7-12(19-5)11(15)8-10;/h6-8H,9H2,1-5H3,(H2,16,17,18);1H. The minimum absolute atomic E-state index is 0. The lowest BCUT2D eigenvalue weighted by Crippen LogP contribution is -2.47. The first-order chi connectivity index (χ1) is 8.85. The smallest absolute Gasteiger partial charge is 0.191 e. The number of methoxy groups -OCH3 is 1. The molecule has 0 aliphatic rings. The molecule has 0 radical (unpaired) electrons. The predicted octanol–water partition coefficient (Wildman–Crippen LogP) is 2.92.